The maximum atomic E-state index is 13.7. The van der Waals surface area contributed by atoms with Crippen molar-refractivity contribution in [1.82, 2.24) is 9.62 Å². The van der Waals surface area contributed by atoms with Gasteiger partial charge in [0.05, 0.1) is 17.5 Å². The molecule has 1 atom stereocenters. The van der Waals surface area contributed by atoms with Crippen LogP contribution in [0.4, 0.5) is 10.1 Å². The number of halogens is 1. The van der Waals surface area contributed by atoms with E-state index in [4.69, 9.17) is 8.83 Å². The number of nitrogens with one attached hydrogen (secondary N) is 2. The standard InChI is InChI=1S/C30H28FN3O7S2/c1-32-30(35)28-23-15-22(24(33-42(2,36)37)16-26(23)41-29(28)18-9-11-21(31)12-10-18)20-7-5-13-34(17-20)43(38,39)27-14-19-6-3-4-8-25(19)40-27/h3-4,6,8-12,14-16,20,33H,5,7,13,17H2,1-2H3,(H,32,35)/t20-/m0/s1. The molecule has 3 aromatic carbocycles. The molecule has 13 heteroatoms. The van der Waals surface area contributed by atoms with Crippen molar-refractivity contribution in [1.29, 1.82) is 0 Å². The molecule has 0 saturated carbocycles. The largest absolute Gasteiger partial charge is 0.455 e. The van der Waals surface area contributed by atoms with Crippen molar-refractivity contribution in [3.05, 3.63) is 83.7 Å². The minimum absolute atomic E-state index is 0.0569. The van der Waals surface area contributed by atoms with Gasteiger partial charge in [-0.25, -0.2) is 21.2 Å². The minimum Gasteiger partial charge on any atom is -0.455 e. The average Bonchev–Trinajstić information content (AvgIpc) is 3.58. The van der Waals surface area contributed by atoms with Crippen molar-refractivity contribution in [2.45, 2.75) is 23.9 Å². The van der Waals surface area contributed by atoms with Gasteiger partial charge in [0.1, 0.15) is 22.7 Å². The number of amides is 1. The molecule has 1 aliphatic heterocycles. The molecule has 3 heterocycles. The minimum atomic E-state index is -4.00. The molecule has 10 nitrogen and oxygen atoms in total. The van der Waals surface area contributed by atoms with Gasteiger partial charge < -0.3 is 14.2 Å². The molecule has 1 fully saturated rings. The van der Waals surface area contributed by atoms with Gasteiger partial charge in [0.2, 0.25) is 15.1 Å². The van der Waals surface area contributed by atoms with Crippen LogP contribution in [0.25, 0.3) is 33.3 Å². The van der Waals surface area contributed by atoms with Crippen LogP contribution in [0.1, 0.15) is 34.7 Å². The molecule has 0 unspecified atom stereocenters. The number of piperidine rings is 1. The number of sulfonamides is 2. The fraction of sp³-hybridized carbons (Fsp3) is 0.233. The van der Waals surface area contributed by atoms with Gasteiger partial charge in [-0.15, -0.1) is 0 Å². The summed E-state index contributed by atoms with van der Waals surface area (Å²) in [6.45, 7) is 0.318. The topological polar surface area (TPSA) is 139 Å². The maximum Gasteiger partial charge on any atom is 0.276 e. The Morgan fingerprint density at radius 3 is 2.42 bits per heavy atom. The zero-order valence-electron chi connectivity index (χ0n) is 23.3. The summed E-state index contributed by atoms with van der Waals surface area (Å²) in [6, 6.07) is 17.1. The monoisotopic (exact) mass is 625 g/mol. The van der Waals surface area contributed by atoms with Crippen LogP contribution in [-0.2, 0) is 20.0 Å². The van der Waals surface area contributed by atoms with Gasteiger partial charge in [0, 0.05) is 48.6 Å². The fourth-order valence-electron chi connectivity index (χ4n) is 5.57. The molecule has 0 bridgehead atoms. The van der Waals surface area contributed by atoms with Crippen LogP contribution in [0.15, 0.2) is 80.7 Å². The maximum absolute atomic E-state index is 13.7. The third kappa shape index (κ3) is 5.51. The number of carbonyl (C=O) groups excluding carboxylic acids is 1. The summed E-state index contributed by atoms with van der Waals surface area (Å²) < 4.78 is 81.4. The number of anilines is 1. The molecule has 0 aliphatic carbocycles. The van der Waals surface area contributed by atoms with Crippen LogP contribution in [0.2, 0.25) is 0 Å². The summed E-state index contributed by atoms with van der Waals surface area (Å²) in [6.07, 6.45) is 2.09. The van der Waals surface area contributed by atoms with E-state index in [2.05, 4.69) is 10.0 Å². The van der Waals surface area contributed by atoms with E-state index < -0.39 is 37.7 Å². The predicted molar refractivity (Wildman–Crippen MR) is 160 cm³/mol. The van der Waals surface area contributed by atoms with Crippen LogP contribution in [0, 0.1) is 5.82 Å². The summed E-state index contributed by atoms with van der Waals surface area (Å²) in [5.74, 6) is -1.15. The van der Waals surface area contributed by atoms with Gasteiger partial charge in [-0.3, -0.25) is 9.52 Å². The first kappa shape index (κ1) is 28.9. The molecule has 0 spiro atoms. The summed E-state index contributed by atoms with van der Waals surface area (Å²) in [7, 11) is -6.28. The van der Waals surface area contributed by atoms with Gasteiger partial charge in [0.15, 0.2) is 0 Å². The highest BCUT2D eigenvalue weighted by Crippen LogP contribution is 2.41. The lowest BCUT2D eigenvalue weighted by molar-refractivity contribution is 0.0964. The van der Waals surface area contributed by atoms with Gasteiger partial charge in [-0.05, 0) is 60.7 Å². The Morgan fingerprint density at radius 2 is 1.72 bits per heavy atom. The first-order valence-corrected chi connectivity index (χ1v) is 16.8. The highest BCUT2D eigenvalue weighted by molar-refractivity contribution is 7.92. The van der Waals surface area contributed by atoms with E-state index in [1.54, 1.807) is 30.3 Å². The van der Waals surface area contributed by atoms with Crippen LogP contribution >= 0.6 is 0 Å². The summed E-state index contributed by atoms with van der Waals surface area (Å²) >= 11 is 0. The predicted octanol–water partition coefficient (Wildman–Crippen LogP) is 5.28. The third-order valence-electron chi connectivity index (χ3n) is 7.54. The van der Waals surface area contributed by atoms with Gasteiger partial charge in [0.25, 0.3) is 15.9 Å². The van der Waals surface area contributed by atoms with E-state index in [0.29, 0.717) is 40.3 Å². The number of hydrogen-bond acceptors (Lipinski definition) is 7. The van der Waals surface area contributed by atoms with Crippen molar-refractivity contribution in [2.24, 2.45) is 0 Å². The zero-order chi connectivity index (χ0) is 30.5. The average molecular weight is 626 g/mol. The van der Waals surface area contributed by atoms with E-state index in [0.717, 1.165) is 6.26 Å². The fourth-order valence-corrected chi connectivity index (χ4v) is 7.61. The van der Waals surface area contributed by atoms with Gasteiger partial charge >= 0.3 is 0 Å². The molecule has 2 N–H and O–H groups in total. The van der Waals surface area contributed by atoms with Crippen molar-refractivity contribution < 1.29 is 34.9 Å². The lowest BCUT2D eigenvalue weighted by Gasteiger charge is -2.32. The van der Waals surface area contributed by atoms with Crippen molar-refractivity contribution in [3.8, 4) is 11.3 Å². The highest BCUT2D eigenvalue weighted by atomic mass is 32.2. The Labute approximate surface area is 247 Å². The summed E-state index contributed by atoms with van der Waals surface area (Å²) in [5, 5.41) is 3.51. The number of benzene rings is 3. The Bertz CT molecular complexity index is 2050. The molecular formula is C30H28FN3O7S2. The van der Waals surface area contributed by atoms with Gasteiger partial charge in [-0.2, -0.15) is 4.31 Å². The summed E-state index contributed by atoms with van der Waals surface area (Å²) in [5.41, 5.74) is 2.06. The van der Waals surface area contributed by atoms with Crippen LogP contribution in [-0.4, -0.2) is 53.4 Å². The Hall–Kier alpha value is -4.20. The smallest absolute Gasteiger partial charge is 0.276 e. The number of furan rings is 2. The van der Waals surface area contributed by atoms with Crippen molar-refractivity contribution in [3.63, 3.8) is 0 Å². The Morgan fingerprint density at radius 1 is 0.977 bits per heavy atom. The SMILES string of the molecule is CNC(=O)c1c(-c2ccc(F)cc2)oc2cc(NS(C)(=O)=O)c([C@H]3CCCN(S(=O)(=O)c4cc5ccccc5o4)C3)cc12. The molecule has 0 radical (unpaired) electrons. The Balaban J connectivity index is 1.46. The molecule has 2 aromatic heterocycles. The molecule has 5 aromatic rings. The third-order valence-corrected chi connectivity index (χ3v) is 9.85. The first-order chi connectivity index (χ1) is 20.4. The van der Waals surface area contributed by atoms with E-state index in [-0.39, 0.29) is 40.8 Å². The highest BCUT2D eigenvalue weighted by Gasteiger charge is 2.35. The van der Waals surface area contributed by atoms with Crippen molar-refractivity contribution >= 4 is 53.6 Å². The molecule has 1 amide bonds. The quantitative estimate of drug-likeness (QED) is 0.251. The molecule has 43 heavy (non-hydrogen) atoms. The first-order valence-electron chi connectivity index (χ1n) is 13.5. The van der Waals surface area contributed by atoms with E-state index in [1.165, 1.54) is 47.8 Å². The van der Waals surface area contributed by atoms with E-state index >= 15 is 0 Å². The number of rotatable bonds is 7. The van der Waals surface area contributed by atoms with Crippen LogP contribution in [0.5, 0.6) is 0 Å². The molecule has 1 saturated heterocycles. The lowest BCUT2D eigenvalue weighted by Crippen LogP contribution is -2.39. The Kier molecular flexibility index (Phi) is 7.27. The van der Waals surface area contributed by atoms with Crippen LogP contribution in [0.3, 0.4) is 0 Å². The number of nitrogens with zero attached hydrogens (tertiary/aromatic N) is 1. The number of carbonyl (C=O) groups is 1. The molecule has 6 rings (SSSR count). The molecular weight excluding hydrogens is 597 g/mol. The van der Waals surface area contributed by atoms with E-state index in [1.807, 2.05) is 0 Å². The lowest BCUT2D eigenvalue weighted by atomic mass is 9.89. The summed E-state index contributed by atoms with van der Waals surface area (Å²) in [4.78, 5) is 13.1. The van der Waals surface area contributed by atoms with E-state index in [9.17, 15) is 26.0 Å². The second kappa shape index (κ2) is 10.8. The van der Waals surface area contributed by atoms with Crippen LogP contribution < -0.4 is 10.0 Å². The molecule has 1 aliphatic rings. The van der Waals surface area contributed by atoms with Gasteiger partial charge in [-0.1, -0.05) is 18.2 Å². The second-order valence-corrected chi connectivity index (χ2v) is 14.1. The normalized spacial score (nSPS) is 16.5. The zero-order valence-corrected chi connectivity index (χ0v) is 24.9. The number of para-hydroxylation sites is 1. The van der Waals surface area contributed by atoms with Crippen molar-refractivity contribution in [2.75, 3.05) is 31.1 Å². The number of fused-ring (bicyclic) bond motifs is 2. The molecule has 224 valence electrons. The second-order valence-electron chi connectivity index (χ2n) is 10.5. The number of hydrogen-bond donors (Lipinski definition) is 2.